The summed E-state index contributed by atoms with van der Waals surface area (Å²) in [6, 6.07) is 6.50. The molecule has 0 unspecified atom stereocenters. The fraction of sp³-hybridized carbons (Fsp3) is 0.424. The number of rotatable bonds is 8. The highest BCUT2D eigenvalue weighted by atomic mass is 19.4. The van der Waals surface area contributed by atoms with Crippen LogP contribution in [0.15, 0.2) is 70.8 Å². The lowest BCUT2D eigenvalue weighted by molar-refractivity contribution is -0.0959. The second kappa shape index (κ2) is 14.2. The largest absolute Gasteiger partial charge is 0.471 e. The Kier molecular flexibility index (Phi) is 10.2. The maximum atomic E-state index is 13.8. The summed E-state index contributed by atoms with van der Waals surface area (Å²) >= 11 is 0. The average molecular weight is 677 g/mol. The lowest BCUT2D eigenvalue weighted by Gasteiger charge is -2.32. The summed E-state index contributed by atoms with van der Waals surface area (Å²) in [5.74, 6) is -0.768. The first-order valence-corrected chi connectivity index (χ1v) is 15.4. The maximum Gasteiger partial charge on any atom is 0.418 e. The summed E-state index contributed by atoms with van der Waals surface area (Å²) in [5.41, 5.74) is -3.53. The molecule has 0 spiro atoms. The number of pyridine rings is 1. The standard InChI is InChI=1S/C33H34F6N6O3/c1-21(32(34,35)36)15-27(33(37,38)39)28(40-2)20-48-29-18-25-23(19-41-29)16-22(17-26(25)31(47)43-10-4-3-5-11-43)30(46)44-13-7-24(8-14-44)45-12-6-9-42-45/h6,9,12,15-19,24H,2-5,7-8,10-11,13-14,20H2,1H3/b21-15+,28-27+. The Balaban J connectivity index is 1.46. The van der Waals surface area contributed by atoms with E-state index >= 15 is 0 Å². The molecule has 2 aliphatic rings. The first kappa shape index (κ1) is 34.6. The van der Waals surface area contributed by atoms with Gasteiger partial charge in [0.1, 0.15) is 6.61 Å². The SMILES string of the molecule is C=N/C(COc1cc2c(C(=O)N3CCCCC3)cc(C(=O)N3CCC(n4cccn4)CC3)cc2cn1)=C(\C=C(/C)C(F)(F)F)C(F)(F)F. The normalized spacial score (nSPS) is 17.4. The fourth-order valence-corrected chi connectivity index (χ4v) is 5.87. The monoisotopic (exact) mass is 676 g/mol. The highest BCUT2D eigenvalue weighted by Crippen LogP contribution is 2.35. The number of amides is 2. The molecule has 0 saturated carbocycles. The summed E-state index contributed by atoms with van der Waals surface area (Å²) in [6.45, 7) is 4.74. The third-order valence-corrected chi connectivity index (χ3v) is 8.55. The first-order chi connectivity index (χ1) is 22.8. The van der Waals surface area contributed by atoms with E-state index in [0.29, 0.717) is 62.3 Å². The van der Waals surface area contributed by atoms with E-state index in [1.807, 2.05) is 16.9 Å². The molecular weight excluding hydrogens is 642 g/mol. The van der Waals surface area contributed by atoms with Crippen molar-refractivity contribution in [1.29, 1.82) is 0 Å². The number of nitrogens with zero attached hydrogens (tertiary/aromatic N) is 6. The molecule has 0 aliphatic carbocycles. The highest BCUT2D eigenvalue weighted by molar-refractivity contribution is 6.10. The van der Waals surface area contributed by atoms with Crippen LogP contribution in [0.5, 0.6) is 5.88 Å². The van der Waals surface area contributed by atoms with Crippen LogP contribution in [0.2, 0.25) is 0 Å². The predicted molar refractivity (Wildman–Crippen MR) is 166 cm³/mol. The molecule has 0 N–H and O–H groups in total. The van der Waals surface area contributed by atoms with Gasteiger partial charge in [0, 0.05) is 78.3 Å². The van der Waals surface area contributed by atoms with Gasteiger partial charge >= 0.3 is 12.4 Å². The van der Waals surface area contributed by atoms with Gasteiger partial charge in [-0.15, -0.1) is 0 Å². The van der Waals surface area contributed by atoms with E-state index in [0.717, 1.165) is 19.3 Å². The Morgan fingerprint density at radius 2 is 1.67 bits per heavy atom. The van der Waals surface area contributed by atoms with Crippen LogP contribution in [-0.4, -0.2) is 88.2 Å². The number of benzene rings is 1. The minimum absolute atomic E-state index is 0.0466. The van der Waals surface area contributed by atoms with Crippen molar-refractivity contribution in [2.75, 3.05) is 32.8 Å². The number of hydrogen-bond donors (Lipinski definition) is 0. The number of piperidine rings is 2. The first-order valence-electron chi connectivity index (χ1n) is 15.4. The molecule has 2 saturated heterocycles. The average Bonchev–Trinajstić information content (AvgIpc) is 3.61. The number of hydrogen-bond acceptors (Lipinski definition) is 6. The second-order valence-electron chi connectivity index (χ2n) is 11.8. The van der Waals surface area contributed by atoms with Crippen LogP contribution >= 0.6 is 0 Å². The van der Waals surface area contributed by atoms with Crippen molar-refractivity contribution in [1.82, 2.24) is 24.6 Å². The van der Waals surface area contributed by atoms with E-state index in [2.05, 4.69) is 21.8 Å². The van der Waals surface area contributed by atoms with Crippen molar-refractivity contribution in [3.8, 4) is 5.88 Å². The molecular formula is C33H34F6N6O3. The number of alkyl halides is 6. The van der Waals surface area contributed by atoms with Crippen LogP contribution in [0.3, 0.4) is 0 Å². The molecule has 2 aromatic heterocycles. The van der Waals surface area contributed by atoms with Crippen molar-refractivity contribution in [3.63, 3.8) is 0 Å². The molecule has 1 aromatic carbocycles. The Bertz CT molecular complexity index is 1720. The quantitative estimate of drug-likeness (QED) is 0.147. The molecule has 256 valence electrons. The third kappa shape index (κ3) is 7.88. The highest BCUT2D eigenvalue weighted by Gasteiger charge is 2.38. The summed E-state index contributed by atoms with van der Waals surface area (Å²) in [5, 5.41) is 5.08. The number of aromatic nitrogens is 3. The maximum absolute atomic E-state index is 13.8. The van der Waals surface area contributed by atoms with Crippen LogP contribution in [0.25, 0.3) is 10.8 Å². The Morgan fingerprint density at radius 3 is 2.27 bits per heavy atom. The van der Waals surface area contributed by atoms with Crippen molar-refractivity contribution >= 4 is 29.3 Å². The third-order valence-electron chi connectivity index (χ3n) is 8.55. The van der Waals surface area contributed by atoms with E-state index in [4.69, 9.17) is 4.74 Å². The van der Waals surface area contributed by atoms with Crippen molar-refractivity contribution < 1.29 is 40.7 Å². The lowest BCUT2D eigenvalue weighted by atomic mass is 9.98. The van der Waals surface area contributed by atoms with Crippen LogP contribution in [0, 0.1) is 0 Å². The van der Waals surface area contributed by atoms with Gasteiger partial charge in [-0.25, -0.2) is 4.98 Å². The molecule has 4 heterocycles. The van der Waals surface area contributed by atoms with Crippen LogP contribution in [0.4, 0.5) is 26.3 Å². The van der Waals surface area contributed by atoms with E-state index in [1.54, 1.807) is 22.1 Å². The number of halogens is 6. The number of carbonyl (C=O) groups is 2. The minimum atomic E-state index is -5.19. The molecule has 2 aliphatic heterocycles. The Morgan fingerprint density at radius 1 is 0.979 bits per heavy atom. The number of carbonyl (C=O) groups excluding carboxylic acids is 2. The molecule has 3 aromatic rings. The zero-order valence-corrected chi connectivity index (χ0v) is 26.2. The van der Waals surface area contributed by atoms with Gasteiger partial charge in [0.25, 0.3) is 11.8 Å². The van der Waals surface area contributed by atoms with Crippen molar-refractivity contribution in [2.24, 2.45) is 4.99 Å². The Hall–Kier alpha value is -4.69. The molecule has 0 atom stereocenters. The molecule has 5 rings (SSSR count). The van der Waals surface area contributed by atoms with Gasteiger partial charge in [0.05, 0.1) is 17.3 Å². The van der Waals surface area contributed by atoms with Gasteiger partial charge in [0.2, 0.25) is 5.88 Å². The molecule has 0 radical (unpaired) electrons. The van der Waals surface area contributed by atoms with Gasteiger partial charge in [0.15, 0.2) is 0 Å². The Labute approximate surface area is 272 Å². The molecule has 2 amide bonds. The van der Waals surface area contributed by atoms with Gasteiger partial charge in [-0.1, -0.05) is 0 Å². The summed E-state index contributed by atoms with van der Waals surface area (Å²) in [6.07, 6.45) is -1.26. The van der Waals surface area contributed by atoms with Gasteiger partial charge in [-0.3, -0.25) is 19.3 Å². The zero-order chi connectivity index (χ0) is 34.6. The number of aliphatic imine (C=N–C) groups is 1. The molecule has 48 heavy (non-hydrogen) atoms. The van der Waals surface area contributed by atoms with E-state index in [9.17, 15) is 35.9 Å². The van der Waals surface area contributed by atoms with Crippen molar-refractivity contribution in [2.45, 2.75) is 57.4 Å². The van der Waals surface area contributed by atoms with E-state index < -0.39 is 35.8 Å². The van der Waals surface area contributed by atoms with Crippen LogP contribution in [0.1, 0.15) is 65.8 Å². The number of ether oxygens (including phenoxy) is 1. The predicted octanol–water partition coefficient (Wildman–Crippen LogP) is 6.94. The minimum Gasteiger partial charge on any atom is -0.471 e. The van der Waals surface area contributed by atoms with Gasteiger partial charge in [-0.2, -0.15) is 31.4 Å². The van der Waals surface area contributed by atoms with Gasteiger partial charge < -0.3 is 14.5 Å². The van der Waals surface area contributed by atoms with Crippen LogP contribution < -0.4 is 4.74 Å². The smallest absolute Gasteiger partial charge is 0.418 e. The van der Waals surface area contributed by atoms with E-state index in [-0.39, 0.29) is 35.4 Å². The molecule has 2 fully saturated rings. The summed E-state index contributed by atoms with van der Waals surface area (Å²) in [4.78, 5) is 38.4. The fourth-order valence-electron chi connectivity index (χ4n) is 5.87. The summed E-state index contributed by atoms with van der Waals surface area (Å²) < 4.78 is 87.8. The number of likely N-dealkylation sites (tertiary alicyclic amines) is 2. The molecule has 15 heteroatoms. The van der Waals surface area contributed by atoms with Gasteiger partial charge in [-0.05, 0) is 70.0 Å². The number of fused-ring (bicyclic) bond motifs is 1. The summed E-state index contributed by atoms with van der Waals surface area (Å²) in [7, 11) is 0. The lowest BCUT2D eigenvalue weighted by Crippen LogP contribution is -2.39. The van der Waals surface area contributed by atoms with E-state index in [1.165, 1.54) is 18.3 Å². The molecule has 0 bridgehead atoms. The van der Waals surface area contributed by atoms with Crippen LogP contribution in [-0.2, 0) is 0 Å². The molecule has 9 nitrogen and oxygen atoms in total. The second-order valence-corrected chi connectivity index (χ2v) is 11.8. The van der Waals surface area contributed by atoms with Crippen molar-refractivity contribution in [3.05, 3.63) is 76.9 Å². The topological polar surface area (TPSA) is 92.9 Å². The zero-order valence-electron chi connectivity index (χ0n) is 26.2. The number of allylic oxidation sites excluding steroid dienone is 3.